The van der Waals surface area contributed by atoms with Gasteiger partial charge in [-0.1, -0.05) is 17.9 Å². The Balaban J connectivity index is 2.78. The number of aromatic nitrogens is 2. The predicted molar refractivity (Wildman–Crippen MR) is 99.7 cm³/mol. The van der Waals surface area contributed by atoms with Crippen LogP contribution in [0.15, 0.2) is 33.9 Å². The van der Waals surface area contributed by atoms with Crippen molar-refractivity contribution in [2.45, 2.75) is 46.5 Å². The topological polar surface area (TPSA) is 53.2 Å². The monoisotopic (exact) mass is 394 g/mol. The third kappa shape index (κ3) is 4.37. The summed E-state index contributed by atoms with van der Waals surface area (Å²) in [7, 11) is 0. The zero-order valence-electron chi connectivity index (χ0n) is 16.1. The van der Waals surface area contributed by atoms with Crippen LogP contribution in [0.4, 0.5) is 13.2 Å². The molecule has 5 nitrogen and oxygen atoms in total. The molecule has 0 spiro atoms. The van der Waals surface area contributed by atoms with Crippen LogP contribution in [0.1, 0.15) is 37.6 Å². The smallest absolute Gasteiger partial charge is 0.366 e. The standard InChI is InChI=1S/C20H21F3N2O3/c1-5-24-18(26)17(11-10-13(3)28-6-2)14(4)25(19(24)27)16-9-7-8-15(12-16)20(21,22)23/h7-9,12-13H,5-6H2,1-4H3. The Morgan fingerprint density at radius 1 is 1.21 bits per heavy atom. The summed E-state index contributed by atoms with van der Waals surface area (Å²) in [6.07, 6.45) is -4.99. The first-order chi connectivity index (χ1) is 13.1. The van der Waals surface area contributed by atoms with Gasteiger partial charge in [0.2, 0.25) is 0 Å². The van der Waals surface area contributed by atoms with Crippen LogP contribution in [0.2, 0.25) is 0 Å². The Morgan fingerprint density at radius 3 is 2.46 bits per heavy atom. The van der Waals surface area contributed by atoms with Crippen molar-refractivity contribution in [3.8, 4) is 17.5 Å². The Hall–Kier alpha value is -2.79. The molecule has 2 rings (SSSR count). The first-order valence-corrected chi connectivity index (χ1v) is 8.79. The van der Waals surface area contributed by atoms with Crippen molar-refractivity contribution in [1.29, 1.82) is 0 Å². The Morgan fingerprint density at radius 2 is 1.89 bits per heavy atom. The van der Waals surface area contributed by atoms with Crippen molar-refractivity contribution < 1.29 is 17.9 Å². The van der Waals surface area contributed by atoms with E-state index in [4.69, 9.17) is 4.74 Å². The van der Waals surface area contributed by atoms with E-state index < -0.39 is 29.1 Å². The van der Waals surface area contributed by atoms with Gasteiger partial charge in [0.15, 0.2) is 0 Å². The van der Waals surface area contributed by atoms with Crippen LogP contribution in [0.25, 0.3) is 5.69 Å². The number of alkyl halides is 3. The number of halogens is 3. The molecule has 1 aromatic carbocycles. The second kappa shape index (κ2) is 8.48. The van der Waals surface area contributed by atoms with E-state index in [-0.39, 0.29) is 23.5 Å². The third-order valence-electron chi connectivity index (χ3n) is 4.14. The summed E-state index contributed by atoms with van der Waals surface area (Å²) in [6, 6.07) is 4.39. The lowest BCUT2D eigenvalue weighted by Gasteiger charge is -2.16. The lowest BCUT2D eigenvalue weighted by molar-refractivity contribution is -0.137. The molecule has 0 aliphatic heterocycles. The largest absolute Gasteiger partial charge is 0.416 e. The van der Waals surface area contributed by atoms with Gasteiger partial charge in [-0.05, 0) is 45.9 Å². The minimum absolute atomic E-state index is 0.0143. The van der Waals surface area contributed by atoms with Gasteiger partial charge in [-0.2, -0.15) is 13.2 Å². The minimum Gasteiger partial charge on any atom is -0.366 e. The van der Waals surface area contributed by atoms with E-state index in [1.54, 1.807) is 20.8 Å². The molecular formula is C20H21F3N2O3. The van der Waals surface area contributed by atoms with Gasteiger partial charge in [-0.3, -0.25) is 13.9 Å². The average molecular weight is 394 g/mol. The summed E-state index contributed by atoms with van der Waals surface area (Å²) in [5.41, 5.74) is -1.94. The SMILES string of the molecule is CCOC(C)C#Cc1c(C)n(-c2cccc(C(F)(F)F)c2)c(=O)n(CC)c1=O. The van der Waals surface area contributed by atoms with Gasteiger partial charge in [0.25, 0.3) is 5.56 Å². The fourth-order valence-electron chi connectivity index (χ4n) is 2.77. The molecule has 8 heteroatoms. The summed E-state index contributed by atoms with van der Waals surface area (Å²) in [5.74, 6) is 5.52. The molecule has 0 N–H and O–H groups in total. The van der Waals surface area contributed by atoms with E-state index in [0.29, 0.717) is 6.61 Å². The molecule has 1 unspecified atom stereocenters. The van der Waals surface area contributed by atoms with Crippen LogP contribution in [0.3, 0.4) is 0 Å². The summed E-state index contributed by atoms with van der Waals surface area (Å²) in [6.45, 7) is 7.12. The van der Waals surface area contributed by atoms with Gasteiger partial charge in [-0.15, -0.1) is 0 Å². The van der Waals surface area contributed by atoms with Gasteiger partial charge in [0, 0.05) is 18.8 Å². The lowest BCUT2D eigenvalue weighted by Crippen LogP contribution is -2.41. The highest BCUT2D eigenvalue weighted by Gasteiger charge is 2.31. The molecule has 0 aliphatic carbocycles. The maximum Gasteiger partial charge on any atom is 0.416 e. The van der Waals surface area contributed by atoms with Crippen molar-refractivity contribution in [3.05, 3.63) is 61.9 Å². The minimum atomic E-state index is -4.55. The van der Waals surface area contributed by atoms with Crippen LogP contribution in [-0.4, -0.2) is 21.8 Å². The highest BCUT2D eigenvalue weighted by Crippen LogP contribution is 2.30. The Bertz CT molecular complexity index is 1040. The van der Waals surface area contributed by atoms with Crippen LogP contribution in [0, 0.1) is 18.8 Å². The quantitative estimate of drug-likeness (QED) is 0.749. The number of benzene rings is 1. The normalized spacial score (nSPS) is 12.4. The molecule has 2 aromatic rings. The Labute approximate surface area is 160 Å². The molecule has 1 atom stereocenters. The predicted octanol–water partition coefficient (Wildman–Crippen LogP) is 3.12. The average Bonchev–Trinajstić information content (AvgIpc) is 2.61. The number of hydrogen-bond acceptors (Lipinski definition) is 3. The van der Waals surface area contributed by atoms with Gasteiger partial charge < -0.3 is 4.74 Å². The maximum atomic E-state index is 13.1. The van der Waals surface area contributed by atoms with E-state index in [9.17, 15) is 22.8 Å². The zero-order chi connectivity index (χ0) is 21.1. The molecule has 1 heterocycles. The van der Waals surface area contributed by atoms with Crippen molar-refractivity contribution in [2.75, 3.05) is 6.61 Å². The van der Waals surface area contributed by atoms with Crippen molar-refractivity contribution >= 4 is 0 Å². The highest BCUT2D eigenvalue weighted by molar-refractivity contribution is 5.44. The highest BCUT2D eigenvalue weighted by atomic mass is 19.4. The van der Waals surface area contributed by atoms with Crippen molar-refractivity contribution in [2.24, 2.45) is 0 Å². The van der Waals surface area contributed by atoms with Gasteiger partial charge in [0.1, 0.15) is 11.7 Å². The Kier molecular flexibility index (Phi) is 6.52. The van der Waals surface area contributed by atoms with E-state index in [0.717, 1.165) is 21.3 Å². The number of ether oxygens (including phenoxy) is 1. The molecule has 0 fully saturated rings. The summed E-state index contributed by atoms with van der Waals surface area (Å²) in [5, 5.41) is 0. The molecule has 0 bridgehead atoms. The van der Waals surface area contributed by atoms with Crippen LogP contribution >= 0.6 is 0 Å². The molecule has 0 aliphatic rings. The first-order valence-electron chi connectivity index (χ1n) is 8.79. The molecule has 28 heavy (non-hydrogen) atoms. The number of nitrogens with zero attached hydrogens (tertiary/aromatic N) is 2. The number of rotatable bonds is 4. The van der Waals surface area contributed by atoms with Gasteiger partial charge in [-0.25, -0.2) is 4.79 Å². The van der Waals surface area contributed by atoms with Crippen LogP contribution < -0.4 is 11.2 Å². The maximum absolute atomic E-state index is 13.1. The number of hydrogen-bond donors (Lipinski definition) is 0. The molecule has 0 amide bonds. The molecule has 0 radical (unpaired) electrons. The van der Waals surface area contributed by atoms with E-state index in [1.165, 1.54) is 19.1 Å². The van der Waals surface area contributed by atoms with Crippen LogP contribution in [0.5, 0.6) is 0 Å². The third-order valence-corrected chi connectivity index (χ3v) is 4.14. The lowest BCUT2D eigenvalue weighted by atomic mass is 10.1. The molecule has 0 saturated carbocycles. The second-order valence-electron chi connectivity index (χ2n) is 6.04. The molecule has 150 valence electrons. The summed E-state index contributed by atoms with van der Waals surface area (Å²) >= 11 is 0. The van der Waals surface area contributed by atoms with Gasteiger partial charge in [0.05, 0.1) is 11.3 Å². The fraction of sp³-hybridized carbons (Fsp3) is 0.400. The van der Waals surface area contributed by atoms with E-state index in [1.807, 2.05) is 0 Å². The van der Waals surface area contributed by atoms with E-state index in [2.05, 4.69) is 11.8 Å². The molecule has 1 aromatic heterocycles. The first kappa shape index (κ1) is 21.5. The van der Waals surface area contributed by atoms with Crippen molar-refractivity contribution in [3.63, 3.8) is 0 Å². The summed E-state index contributed by atoms with van der Waals surface area (Å²) in [4.78, 5) is 25.4. The fourth-order valence-corrected chi connectivity index (χ4v) is 2.77. The summed E-state index contributed by atoms with van der Waals surface area (Å²) < 4.78 is 46.6. The molecule has 0 saturated heterocycles. The van der Waals surface area contributed by atoms with Gasteiger partial charge >= 0.3 is 11.9 Å². The second-order valence-corrected chi connectivity index (χ2v) is 6.04. The van der Waals surface area contributed by atoms with E-state index >= 15 is 0 Å². The molecular weight excluding hydrogens is 373 g/mol. The van der Waals surface area contributed by atoms with Crippen LogP contribution in [-0.2, 0) is 17.5 Å². The zero-order valence-corrected chi connectivity index (χ0v) is 16.1. The van der Waals surface area contributed by atoms with Crippen molar-refractivity contribution in [1.82, 2.24) is 9.13 Å².